The van der Waals surface area contributed by atoms with Gasteiger partial charge in [0.1, 0.15) is 0 Å². The van der Waals surface area contributed by atoms with Crippen molar-refractivity contribution in [3.8, 4) is 0 Å². The van der Waals surface area contributed by atoms with E-state index in [1.165, 1.54) is 18.3 Å². The van der Waals surface area contributed by atoms with Crippen LogP contribution < -0.4 is 5.43 Å². The number of pyridine rings is 1. The predicted octanol–water partition coefficient (Wildman–Crippen LogP) is 3.20. The second-order valence-corrected chi connectivity index (χ2v) is 4.47. The summed E-state index contributed by atoms with van der Waals surface area (Å²) in [5.41, 5.74) is 3.32. The van der Waals surface area contributed by atoms with Crippen molar-refractivity contribution in [3.63, 3.8) is 0 Å². The van der Waals surface area contributed by atoms with Crippen molar-refractivity contribution in [1.82, 2.24) is 4.98 Å². The van der Waals surface area contributed by atoms with Gasteiger partial charge in [-0.25, -0.2) is 4.98 Å². The molecule has 0 atom stereocenters. The van der Waals surface area contributed by atoms with Crippen LogP contribution in [-0.4, -0.2) is 16.1 Å². The fourth-order valence-corrected chi connectivity index (χ4v) is 1.61. The molecule has 0 bridgehead atoms. The van der Waals surface area contributed by atoms with Crippen LogP contribution >= 0.6 is 15.9 Å². The lowest BCUT2D eigenvalue weighted by Crippen LogP contribution is -1.98. The second kappa shape index (κ2) is 6.05. The minimum absolute atomic E-state index is 0.112. The van der Waals surface area contributed by atoms with Gasteiger partial charge in [-0.3, -0.25) is 15.5 Å². The van der Waals surface area contributed by atoms with Gasteiger partial charge in [0.15, 0.2) is 0 Å². The largest absolute Gasteiger partial charge is 0.313 e. The summed E-state index contributed by atoms with van der Waals surface area (Å²) in [4.78, 5) is 14.1. The van der Waals surface area contributed by atoms with Gasteiger partial charge in [0.05, 0.1) is 11.1 Å². The number of rotatable bonds is 4. The highest BCUT2D eigenvalue weighted by atomic mass is 79.9. The molecular formula is C12H9BrN4O2. The highest BCUT2D eigenvalue weighted by Gasteiger charge is 2.12. The lowest BCUT2D eigenvalue weighted by atomic mass is 10.2. The first-order chi connectivity index (χ1) is 9.16. The number of hydrogen-bond donors (Lipinski definition) is 1. The van der Waals surface area contributed by atoms with Crippen LogP contribution in [0.25, 0.3) is 0 Å². The maximum Gasteiger partial charge on any atom is 0.313 e. The topological polar surface area (TPSA) is 80.4 Å². The molecule has 0 fully saturated rings. The van der Waals surface area contributed by atoms with Gasteiger partial charge in [-0.15, -0.1) is 0 Å². The molecule has 0 aliphatic carbocycles. The first-order valence-corrected chi connectivity index (χ1v) is 6.10. The summed E-state index contributed by atoms with van der Waals surface area (Å²) in [5, 5.41) is 14.7. The molecule has 0 aliphatic rings. The normalized spacial score (nSPS) is 10.6. The third-order valence-corrected chi connectivity index (χ3v) is 2.77. The van der Waals surface area contributed by atoms with Crippen molar-refractivity contribution in [2.45, 2.75) is 0 Å². The van der Waals surface area contributed by atoms with Crippen LogP contribution in [0.1, 0.15) is 5.56 Å². The van der Waals surface area contributed by atoms with E-state index in [-0.39, 0.29) is 11.5 Å². The molecule has 0 saturated heterocycles. The van der Waals surface area contributed by atoms with Crippen LogP contribution in [-0.2, 0) is 0 Å². The Kier molecular flexibility index (Phi) is 4.19. The zero-order valence-electron chi connectivity index (χ0n) is 9.65. The molecule has 7 heteroatoms. The standard InChI is InChI=1S/C12H9BrN4O2/c13-10-5-3-9(4-6-10)8-15-16-12-11(17(18)19)2-1-7-14-12/h1-8H,(H,14,16)/b15-8-. The van der Waals surface area contributed by atoms with Crippen LogP contribution in [0.5, 0.6) is 0 Å². The van der Waals surface area contributed by atoms with E-state index in [4.69, 9.17) is 0 Å². The molecule has 0 saturated carbocycles. The number of nitrogens with zero attached hydrogens (tertiary/aromatic N) is 3. The average molecular weight is 321 g/mol. The van der Waals surface area contributed by atoms with Gasteiger partial charge in [-0.1, -0.05) is 28.1 Å². The van der Waals surface area contributed by atoms with Gasteiger partial charge in [-0.05, 0) is 23.8 Å². The molecule has 0 unspecified atom stereocenters. The molecule has 0 amide bonds. The summed E-state index contributed by atoms with van der Waals surface area (Å²) in [6.45, 7) is 0. The van der Waals surface area contributed by atoms with Gasteiger partial charge in [0, 0.05) is 16.7 Å². The molecule has 2 aromatic rings. The van der Waals surface area contributed by atoms with Crippen molar-refractivity contribution >= 4 is 33.6 Å². The summed E-state index contributed by atoms with van der Waals surface area (Å²) < 4.78 is 0.970. The first-order valence-electron chi connectivity index (χ1n) is 5.31. The van der Waals surface area contributed by atoms with Crippen molar-refractivity contribution in [2.75, 3.05) is 5.43 Å². The Labute approximate surface area is 117 Å². The zero-order chi connectivity index (χ0) is 13.7. The Morgan fingerprint density at radius 1 is 1.32 bits per heavy atom. The summed E-state index contributed by atoms with van der Waals surface area (Å²) in [7, 11) is 0. The highest BCUT2D eigenvalue weighted by molar-refractivity contribution is 9.10. The fraction of sp³-hybridized carbons (Fsp3) is 0. The van der Waals surface area contributed by atoms with Crippen LogP contribution in [0.4, 0.5) is 11.5 Å². The summed E-state index contributed by atoms with van der Waals surface area (Å²) in [6, 6.07) is 10.4. The molecule has 1 aromatic heterocycles. The molecule has 1 heterocycles. The van der Waals surface area contributed by atoms with Crippen LogP contribution in [0, 0.1) is 10.1 Å². The molecule has 1 aromatic carbocycles. The summed E-state index contributed by atoms with van der Waals surface area (Å²) in [6.07, 6.45) is 3.02. The number of aromatic nitrogens is 1. The molecule has 0 aliphatic heterocycles. The Balaban J connectivity index is 2.10. The van der Waals surface area contributed by atoms with Gasteiger partial charge >= 0.3 is 5.69 Å². The molecule has 6 nitrogen and oxygen atoms in total. The maximum atomic E-state index is 10.8. The van der Waals surface area contributed by atoms with E-state index in [9.17, 15) is 10.1 Å². The Morgan fingerprint density at radius 2 is 2.05 bits per heavy atom. The third-order valence-electron chi connectivity index (χ3n) is 2.24. The van der Waals surface area contributed by atoms with E-state index in [1.54, 1.807) is 6.21 Å². The monoisotopic (exact) mass is 320 g/mol. The quantitative estimate of drug-likeness (QED) is 0.533. The molecule has 19 heavy (non-hydrogen) atoms. The first kappa shape index (κ1) is 13.2. The SMILES string of the molecule is O=[N+]([O-])c1cccnc1N/N=C\c1ccc(Br)cc1. The number of hydrazone groups is 1. The molecule has 2 rings (SSSR count). The van der Waals surface area contributed by atoms with Gasteiger partial charge < -0.3 is 0 Å². The van der Waals surface area contributed by atoms with Gasteiger partial charge in [-0.2, -0.15) is 5.10 Å². The summed E-state index contributed by atoms with van der Waals surface area (Å²) in [5.74, 6) is 0.112. The van der Waals surface area contributed by atoms with E-state index in [2.05, 4.69) is 31.4 Å². The highest BCUT2D eigenvalue weighted by Crippen LogP contribution is 2.19. The van der Waals surface area contributed by atoms with Crippen LogP contribution in [0.15, 0.2) is 52.2 Å². The van der Waals surface area contributed by atoms with Crippen molar-refractivity contribution in [1.29, 1.82) is 0 Å². The van der Waals surface area contributed by atoms with Crippen molar-refractivity contribution in [3.05, 3.63) is 62.7 Å². The summed E-state index contributed by atoms with van der Waals surface area (Å²) >= 11 is 3.33. The van der Waals surface area contributed by atoms with E-state index < -0.39 is 4.92 Å². The maximum absolute atomic E-state index is 10.8. The Bertz CT molecular complexity index is 613. The third kappa shape index (κ3) is 3.59. The molecule has 1 N–H and O–H groups in total. The average Bonchev–Trinajstić information content (AvgIpc) is 2.41. The number of benzene rings is 1. The number of nitrogens with one attached hydrogen (secondary N) is 1. The number of hydrogen-bond acceptors (Lipinski definition) is 5. The van der Waals surface area contributed by atoms with Gasteiger partial charge in [0.2, 0.25) is 5.82 Å². The number of nitro groups is 1. The molecule has 0 radical (unpaired) electrons. The second-order valence-electron chi connectivity index (χ2n) is 3.55. The molecular weight excluding hydrogens is 312 g/mol. The van der Waals surface area contributed by atoms with E-state index in [0.717, 1.165) is 10.0 Å². The predicted molar refractivity (Wildman–Crippen MR) is 76.3 cm³/mol. The number of halogens is 1. The van der Waals surface area contributed by atoms with Crippen molar-refractivity contribution in [2.24, 2.45) is 5.10 Å². The van der Waals surface area contributed by atoms with E-state index in [0.29, 0.717) is 0 Å². The van der Waals surface area contributed by atoms with Crippen LogP contribution in [0.2, 0.25) is 0 Å². The lowest BCUT2D eigenvalue weighted by molar-refractivity contribution is -0.384. The fourth-order valence-electron chi connectivity index (χ4n) is 1.35. The van der Waals surface area contributed by atoms with Crippen molar-refractivity contribution < 1.29 is 4.92 Å². The van der Waals surface area contributed by atoms with Gasteiger partial charge in [0.25, 0.3) is 0 Å². The van der Waals surface area contributed by atoms with E-state index >= 15 is 0 Å². The minimum atomic E-state index is -0.509. The molecule has 96 valence electrons. The lowest BCUT2D eigenvalue weighted by Gasteiger charge is -1.99. The molecule has 0 spiro atoms. The van der Waals surface area contributed by atoms with E-state index in [1.807, 2.05) is 24.3 Å². The smallest absolute Gasteiger partial charge is 0.258 e. The zero-order valence-corrected chi connectivity index (χ0v) is 11.2. The minimum Gasteiger partial charge on any atom is -0.258 e. The van der Waals surface area contributed by atoms with Crippen LogP contribution in [0.3, 0.4) is 0 Å². The number of anilines is 1. The Hall–Kier alpha value is -2.28. The Morgan fingerprint density at radius 3 is 2.74 bits per heavy atom.